The topological polar surface area (TPSA) is 69.5 Å². The summed E-state index contributed by atoms with van der Waals surface area (Å²) in [5, 5.41) is 10.5. The lowest BCUT2D eigenvalue weighted by atomic mass is 10.00. The van der Waals surface area contributed by atoms with E-state index in [0.29, 0.717) is 37.4 Å². The minimum atomic E-state index is -0.0746. The number of nitrogens with zero attached hydrogens (tertiary/aromatic N) is 4. The zero-order valence-electron chi connectivity index (χ0n) is 18.3. The summed E-state index contributed by atoms with van der Waals surface area (Å²) in [5.41, 5.74) is 3.45. The molecule has 0 aliphatic carbocycles. The summed E-state index contributed by atoms with van der Waals surface area (Å²) in [6.07, 6.45) is 3.90. The fourth-order valence-electron chi connectivity index (χ4n) is 4.19. The number of morpholine rings is 1. The van der Waals surface area contributed by atoms with Crippen LogP contribution in [-0.2, 0) is 11.2 Å². The summed E-state index contributed by atoms with van der Waals surface area (Å²) >= 11 is 1.68. The molecule has 5 rings (SSSR count). The number of benzene rings is 2. The van der Waals surface area contributed by atoms with E-state index in [1.54, 1.807) is 30.8 Å². The minimum absolute atomic E-state index is 0.0387. The van der Waals surface area contributed by atoms with Gasteiger partial charge in [0.15, 0.2) is 0 Å². The standard InChI is InChI=1S/C25H24N4O3S/c1-31-23-9-8-18(16-21(23)24-7-4-14-33-24)15-19-17-32-13-12-28(19)25(30)20-5-2-3-6-22(20)29-26-10-11-27-29/h2-11,14,16,19H,12-13,15,17H2,1H3. The van der Waals surface area contributed by atoms with Gasteiger partial charge in [-0.2, -0.15) is 15.0 Å². The van der Waals surface area contributed by atoms with Crippen molar-refractivity contribution in [3.63, 3.8) is 0 Å². The number of thiophene rings is 1. The number of para-hydroxylation sites is 1. The first-order valence-corrected chi connectivity index (χ1v) is 11.7. The van der Waals surface area contributed by atoms with Gasteiger partial charge < -0.3 is 14.4 Å². The molecule has 2 aromatic heterocycles. The third kappa shape index (κ3) is 4.40. The molecule has 0 N–H and O–H groups in total. The number of carbonyl (C=O) groups is 1. The summed E-state index contributed by atoms with van der Waals surface area (Å²) < 4.78 is 11.4. The Morgan fingerprint density at radius 3 is 2.79 bits per heavy atom. The van der Waals surface area contributed by atoms with Crippen molar-refractivity contribution in [2.75, 3.05) is 26.9 Å². The van der Waals surface area contributed by atoms with Crippen LogP contribution in [-0.4, -0.2) is 58.7 Å². The first-order chi connectivity index (χ1) is 16.2. The first-order valence-electron chi connectivity index (χ1n) is 10.8. The fourth-order valence-corrected chi connectivity index (χ4v) is 4.94. The van der Waals surface area contributed by atoms with Gasteiger partial charge in [0.05, 0.1) is 50.0 Å². The lowest BCUT2D eigenvalue weighted by Crippen LogP contribution is -2.50. The van der Waals surface area contributed by atoms with Gasteiger partial charge in [-0.25, -0.2) is 0 Å². The summed E-state index contributed by atoms with van der Waals surface area (Å²) in [6.45, 7) is 1.56. The van der Waals surface area contributed by atoms with Crippen LogP contribution in [0.2, 0.25) is 0 Å². The number of carbonyl (C=O) groups excluding carboxylic acids is 1. The lowest BCUT2D eigenvalue weighted by Gasteiger charge is -2.36. The van der Waals surface area contributed by atoms with Crippen molar-refractivity contribution in [2.45, 2.75) is 12.5 Å². The Morgan fingerprint density at radius 2 is 2.00 bits per heavy atom. The van der Waals surface area contributed by atoms with E-state index in [9.17, 15) is 4.79 Å². The maximum atomic E-state index is 13.7. The lowest BCUT2D eigenvalue weighted by molar-refractivity contribution is -0.00165. The van der Waals surface area contributed by atoms with Crippen molar-refractivity contribution >= 4 is 17.2 Å². The fraction of sp³-hybridized carbons (Fsp3) is 0.240. The maximum Gasteiger partial charge on any atom is 0.256 e. The Labute approximate surface area is 196 Å². The molecule has 4 aromatic rings. The Kier molecular flexibility index (Phi) is 6.19. The number of methoxy groups -OCH3 is 1. The second-order valence-corrected chi connectivity index (χ2v) is 8.73. The Hall–Kier alpha value is -3.49. The molecule has 2 aromatic carbocycles. The van der Waals surface area contributed by atoms with Crippen LogP contribution in [0, 0.1) is 0 Å². The van der Waals surface area contributed by atoms with Crippen molar-refractivity contribution in [1.29, 1.82) is 0 Å². The quantitative estimate of drug-likeness (QED) is 0.434. The summed E-state index contributed by atoms with van der Waals surface area (Å²) in [7, 11) is 1.69. The predicted octanol–water partition coefficient (Wildman–Crippen LogP) is 4.09. The van der Waals surface area contributed by atoms with Gasteiger partial charge in [-0.3, -0.25) is 4.79 Å². The van der Waals surface area contributed by atoms with E-state index in [1.165, 1.54) is 4.80 Å². The van der Waals surface area contributed by atoms with Crippen LogP contribution >= 0.6 is 11.3 Å². The minimum Gasteiger partial charge on any atom is -0.496 e. The molecule has 0 spiro atoms. The smallest absolute Gasteiger partial charge is 0.256 e. The first kappa shape index (κ1) is 21.4. The number of amides is 1. The highest BCUT2D eigenvalue weighted by atomic mass is 32.1. The van der Waals surface area contributed by atoms with Crippen LogP contribution in [0.15, 0.2) is 72.4 Å². The number of hydrogen-bond acceptors (Lipinski definition) is 6. The van der Waals surface area contributed by atoms with Crippen LogP contribution in [0.3, 0.4) is 0 Å². The summed E-state index contributed by atoms with van der Waals surface area (Å²) in [5.74, 6) is 0.804. The van der Waals surface area contributed by atoms with Crippen molar-refractivity contribution in [3.05, 3.63) is 83.5 Å². The Morgan fingerprint density at radius 1 is 1.15 bits per heavy atom. The van der Waals surface area contributed by atoms with Crippen molar-refractivity contribution in [2.24, 2.45) is 0 Å². The predicted molar refractivity (Wildman–Crippen MR) is 127 cm³/mol. The molecule has 1 saturated heterocycles. The van der Waals surface area contributed by atoms with E-state index in [0.717, 1.165) is 21.8 Å². The second-order valence-electron chi connectivity index (χ2n) is 7.78. The molecule has 0 saturated carbocycles. The molecule has 0 bridgehead atoms. The highest BCUT2D eigenvalue weighted by Gasteiger charge is 2.30. The molecule has 3 heterocycles. The van der Waals surface area contributed by atoms with E-state index in [1.807, 2.05) is 41.3 Å². The molecule has 7 nitrogen and oxygen atoms in total. The average Bonchev–Trinajstić information content (AvgIpc) is 3.59. The molecule has 1 atom stereocenters. The van der Waals surface area contributed by atoms with E-state index >= 15 is 0 Å². The molecule has 1 amide bonds. The summed E-state index contributed by atoms with van der Waals surface area (Å²) in [4.78, 5) is 18.2. The normalized spacial score (nSPS) is 16.0. The molecule has 33 heavy (non-hydrogen) atoms. The highest BCUT2D eigenvalue weighted by Crippen LogP contribution is 2.34. The maximum absolute atomic E-state index is 13.7. The van der Waals surface area contributed by atoms with Gasteiger partial charge in [0.25, 0.3) is 5.91 Å². The van der Waals surface area contributed by atoms with Gasteiger partial charge in [0.1, 0.15) is 5.75 Å². The van der Waals surface area contributed by atoms with Crippen molar-refractivity contribution < 1.29 is 14.3 Å². The summed E-state index contributed by atoms with van der Waals surface area (Å²) in [6, 6.07) is 17.7. The van der Waals surface area contributed by atoms with Crippen LogP contribution in [0.25, 0.3) is 16.1 Å². The number of hydrogen-bond donors (Lipinski definition) is 0. The largest absolute Gasteiger partial charge is 0.496 e. The Bertz CT molecular complexity index is 1220. The van der Waals surface area contributed by atoms with Gasteiger partial charge in [-0.15, -0.1) is 11.3 Å². The molecule has 1 unspecified atom stereocenters. The molecule has 168 valence electrons. The van der Waals surface area contributed by atoms with E-state index < -0.39 is 0 Å². The zero-order chi connectivity index (χ0) is 22.6. The molecule has 1 aliphatic rings. The van der Waals surface area contributed by atoms with Gasteiger partial charge in [0.2, 0.25) is 0 Å². The zero-order valence-corrected chi connectivity index (χ0v) is 19.1. The van der Waals surface area contributed by atoms with Crippen LogP contribution in [0.5, 0.6) is 5.75 Å². The van der Waals surface area contributed by atoms with Crippen LogP contribution in [0.1, 0.15) is 15.9 Å². The monoisotopic (exact) mass is 460 g/mol. The Balaban J connectivity index is 1.43. The van der Waals surface area contributed by atoms with Crippen LogP contribution in [0.4, 0.5) is 0 Å². The molecular weight excluding hydrogens is 436 g/mol. The molecular formula is C25H24N4O3S. The van der Waals surface area contributed by atoms with E-state index in [4.69, 9.17) is 9.47 Å². The highest BCUT2D eigenvalue weighted by molar-refractivity contribution is 7.13. The average molecular weight is 461 g/mol. The van der Waals surface area contributed by atoms with E-state index in [2.05, 4.69) is 33.8 Å². The van der Waals surface area contributed by atoms with Gasteiger partial charge in [-0.1, -0.05) is 24.3 Å². The molecule has 1 aliphatic heterocycles. The molecule has 1 fully saturated rings. The van der Waals surface area contributed by atoms with E-state index in [-0.39, 0.29) is 11.9 Å². The van der Waals surface area contributed by atoms with Gasteiger partial charge in [0, 0.05) is 17.0 Å². The SMILES string of the molecule is COc1ccc(CC2COCCN2C(=O)c2ccccc2-n2nccn2)cc1-c1cccs1. The van der Waals surface area contributed by atoms with Crippen molar-refractivity contribution in [3.8, 4) is 21.9 Å². The third-order valence-electron chi connectivity index (χ3n) is 5.78. The number of rotatable bonds is 6. The van der Waals surface area contributed by atoms with Crippen LogP contribution < -0.4 is 4.74 Å². The van der Waals surface area contributed by atoms with Crippen molar-refractivity contribution in [1.82, 2.24) is 19.9 Å². The number of ether oxygens (including phenoxy) is 2. The number of aromatic nitrogens is 3. The third-order valence-corrected chi connectivity index (χ3v) is 6.68. The van der Waals surface area contributed by atoms with Gasteiger partial charge in [-0.05, 0) is 47.7 Å². The molecule has 0 radical (unpaired) electrons. The second kappa shape index (κ2) is 9.56. The van der Waals surface area contributed by atoms with Gasteiger partial charge >= 0.3 is 0 Å². The molecule has 8 heteroatoms.